The van der Waals surface area contributed by atoms with E-state index in [-0.39, 0.29) is 5.75 Å². The molecule has 0 fully saturated rings. The van der Waals surface area contributed by atoms with Crippen LogP contribution >= 0.6 is 0 Å². The van der Waals surface area contributed by atoms with Gasteiger partial charge < -0.3 is 10.0 Å². The molecule has 0 unspecified atom stereocenters. The number of aliphatic imine (C=N–C) groups is 1. The summed E-state index contributed by atoms with van der Waals surface area (Å²) in [5.74, 6) is 0.686. The number of fused-ring (bicyclic) bond motifs is 2. The van der Waals surface area contributed by atoms with E-state index in [1.165, 1.54) is 0 Å². The number of hydrogen-bond donors (Lipinski definition) is 1. The summed E-state index contributed by atoms with van der Waals surface area (Å²) in [6.45, 7) is 7.83. The Hall–Kier alpha value is -3.48. The lowest BCUT2D eigenvalue weighted by Crippen LogP contribution is -2.39. The van der Waals surface area contributed by atoms with Crippen LogP contribution < -0.4 is 4.90 Å². The molecular formula is C23H24N6O. The van der Waals surface area contributed by atoms with Crippen molar-refractivity contribution >= 4 is 33.2 Å². The van der Waals surface area contributed by atoms with Crippen molar-refractivity contribution in [3.63, 3.8) is 0 Å². The van der Waals surface area contributed by atoms with Crippen LogP contribution in [0, 0.1) is 6.92 Å². The van der Waals surface area contributed by atoms with Gasteiger partial charge >= 0.3 is 0 Å². The van der Waals surface area contributed by atoms with Gasteiger partial charge in [-0.15, -0.1) is 0 Å². The van der Waals surface area contributed by atoms with E-state index in [2.05, 4.69) is 46.0 Å². The van der Waals surface area contributed by atoms with E-state index < -0.39 is 0 Å². The van der Waals surface area contributed by atoms with Crippen LogP contribution in [0.4, 0.5) is 5.69 Å². The van der Waals surface area contributed by atoms with E-state index in [9.17, 15) is 5.11 Å². The Balaban J connectivity index is 1.56. The molecule has 30 heavy (non-hydrogen) atoms. The van der Waals surface area contributed by atoms with E-state index in [1.807, 2.05) is 38.5 Å². The lowest BCUT2D eigenvalue weighted by atomic mass is 10.0. The zero-order valence-corrected chi connectivity index (χ0v) is 17.6. The molecule has 0 radical (unpaired) electrons. The summed E-state index contributed by atoms with van der Waals surface area (Å²) in [6.07, 6.45) is 3.77. The van der Waals surface area contributed by atoms with Gasteiger partial charge in [-0.25, -0.2) is 9.97 Å². The fourth-order valence-electron chi connectivity index (χ4n) is 4.27. The topological polar surface area (TPSA) is 79.4 Å². The van der Waals surface area contributed by atoms with Crippen molar-refractivity contribution in [2.24, 2.45) is 12.0 Å². The molecular weight excluding hydrogens is 376 g/mol. The van der Waals surface area contributed by atoms with Crippen molar-refractivity contribution in [1.29, 1.82) is 0 Å². The predicted molar refractivity (Wildman–Crippen MR) is 120 cm³/mol. The highest BCUT2D eigenvalue weighted by atomic mass is 16.3. The second-order valence-electron chi connectivity index (χ2n) is 8.17. The number of aromatic nitrogens is 4. The smallest absolute Gasteiger partial charge is 0.163 e. The maximum absolute atomic E-state index is 10.7. The van der Waals surface area contributed by atoms with Crippen molar-refractivity contribution in [3.05, 3.63) is 42.2 Å². The molecule has 0 amide bonds. The summed E-state index contributed by atoms with van der Waals surface area (Å²) in [7, 11) is 1.87. The molecule has 7 heteroatoms. The minimum atomic E-state index is 0.175. The lowest BCUT2D eigenvalue weighted by molar-refractivity contribution is 0.473. The van der Waals surface area contributed by atoms with Crippen molar-refractivity contribution in [1.82, 2.24) is 19.7 Å². The molecule has 2 aromatic heterocycles. The van der Waals surface area contributed by atoms with E-state index in [1.54, 1.807) is 4.68 Å². The molecule has 2 aromatic carbocycles. The Morgan fingerprint density at radius 3 is 2.77 bits per heavy atom. The maximum atomic E-state index is 10.7. The quantitative estimate of drug-likeness (QED) is 0.553. The summed E-state index contributed by atoms with van der Waals surface area (Å²) in [5.41, 5.74) is 5.29. The van der Waals surface area contributed by atoms with Gasteiger partial charge in [0.2, 0.25) is 0 Å². The van der Waals surface area contributed by atoms with Crippen LogP contribution in [0.15, 0.2) is 41.7 Å². The minimum absolute atomic E-state index is 0.175. The molecule has 0 saturated heterocycles. The molecule has 0 bridgehead atoms. The lowest BCUT2D eigenvalue weighted by Gasteiger charge is -2.31. The molecule has 152 valence electrons. The highest BCUT2D eigenvalue weighted by molar-refractivity contribution is 5.92. The van der Waals surface area contributed by atoms with Crippen molar-refractivity contribution in [2.45, 2.75) is 26.8 Å². The molecule has 1 N–H and O–H groups in total. The Kier molecular flexibility index (Phi) is 4.20. The first kappa shape index (κ1) is 18.5. The van der Waals surface area contributed by atoms with Gasteiger partial charge in [-0.3, -0.25) is 9.67 Å². The average Bonchev–Trinajstić information content (AvgIpc) is 3.10. The van der Waals surface area contributed by atoms with E-state index in [4.69, 9.17) is 4.98 Å². The molecule has 0 aliphatic carbocycles. The second-order valence-corrected chi connectivity index (χ2v) is 8.17. The second kappa shape index (κ2) is 6.79. The number of rotatable bonds is 2. The summed E-state index contributed by atoms with van der Waals surface area (Å²) < 4.78 is 1.75. The first-order valence-electron chi connectivity index (χ1n) is 10.1. The number of hydrogen-bond acceptors (Lipinski definition) is 6. The maximum Gasteiger partial charge on any atom is 0.163 e. The minimum Gasteiger partial charge on any atom is -0.507 e. The third-order valence-corrected chi connectivity index (χ3v) is 5.64. The molecule has 0 spiro atoms. The molecule has 4 aromatic rings. The van der Waals surface area contributed by atoms with Gasteiger partial charge in [0.25, 0.3) is 0 Å². The number of aromatic hydroxyl groups is 1. The first-order valence-corrected chi connectivity index (χ1v) is 10.1. The normalized spacial score (nSPS) is 17.0. The molecule has 1 atom stereocenters. The molecule has 1 aliphatic rings. The van der Waals surface area contributed by atoms with E-state index in [0.717, 1.165) is 51.9 Å². The Morgan fingerprint density at radius 1 is 1.13 bits per heavy atom. The number of benzene rings is 2. The molecule has 5 rings (SSSR count). The average molecular weight is 400 g/mol. The number of phenols is 1. The third-order valence-electron chi connectivity index (χ3n) is 5.64. The van der Waals surface area contributed by atoms with Gasteiger partial charge in [-0.05, 0) is 45.0 Å². The van der Waals surface area contributed by atoms with Gasteiger partial charge in [-0.1, -0.05) is 0 Å². The SMILES string of the molecule is CC1=N[C@H](C)CN(c2ccc3nc(-c4cc5cn(C)nc5c(C)c4O)ncc3c2)C1. The molecule has 3 heterocycles. The number of phenolic OH excluding ortho intramolecular Hbond substituents is 1. The number of nitrogens with zero attached hydrogens (tertiary/aromatic N) is 6. The summed E-state index contributed by atoms with van der Waals surface area (Å²) in [5, 5.41) is 17.1. The molecule has 7 nitrogen and oxygen atoms in total. The van der Waals surface area contributed by atoms with E-state index in [0.29, 0.717) is 17.4 Å². The summed E-state index contributed by atoms with van der Waals surface area (Å²) >= 11 is 0. The Morgan fingerprint density at radius 2 is 1.97 bits per heavy atom. The van der Waals surface area contributed by atoms with Crippen molar-refractivity contribution in [2.75, 3.05) is 18.0 Å². The van der Waals surface area contributed by atoms with Gasteiger partial charge in [0.15, 0.2) is 5.82 Å². The highest BCUT2D eigenvalue weighted by Gasteiger charge is 2.18. The summed E-state index contributed by atoms with van der Waals surface area (Å²) in [4.78, 5) is 16.3. The van der Waals surface area contributed by atoms with Gasteiger partial charge in [0, 0.05) is 53.7 Å². The van der Waals surface area contributed by atoms with Crippen LogP contribution in [0.3, 0.4) is 0 Å². The highest BCUT2D eigenvalue weighted by Crippen LogP contribution is 2.36. The van der Waals surface area contributed by atoms with Gasteiger partial charge in [0.1, 0.15) is 5.75 Å². The first-order chi connectivity index (χ1) is 14.4. The predicted octanol–water partition coefficient (Wildman–Crippen LogP) is 3.87. The van der Waals surface area contributed by atoms with Gasteiger partial charge in [-0.2, -0.15) is 5.10 Å². The van der Waals surface area contributed by atoms with Crippen LogP contribution in [0.2, 0.25) is 0 Å². The standard InChI is InChI=1S/C23H24N6O/c1-13-10-29(11-14(2)25-13)18-5-6-20-16(7-18)9-24-23(26-20)19-8-17-12-28(4)27-21(17)15(3)22(19)30/h5-9,12-13,30H,10-11H2,1-4H3/t13-/m1/s1. The van der Waals surface area contributed by atoms with Gasteiger partial charge in [0.05, 0.1) is 29.2 Å². The third kappa shape index (κ3) is 3.07. The van der Waals surface area contributed by atoms with Crippen LogP contribution in [0.1, 0.15) is 19.4 Å². The Bertz CT molecular complexity index is 1320. The zero-order chi connectivity index (χ0) is 21.0. The number of aryl methyl sites for hydroxylation is 2. The van der Waals surface area contributed by atoms with Crippen LogP contribution in [-0.4, -0.2) is 49.7 Å². The van der Waals surface area contributed by atoms with E-state index >= 15 is 0 Å². The largest absolute Gasteiger partial charge is 0.507 e. The molecule has 1 aliphatic heterocycles. The van der Waals surface area contributed by atoms with Crippen molar-refractivity contribution < 1.29 is 5.11 Å². The fraction of sp³-hybridized carbons (Fsp3) is 0.304. The fourth-order valence-corrected chi connectivity index (χ4v) is 4.27. The van der Waals surface area contributed by atoms with Crippen LogP contribution in [0.25, 0.3) is 33.2 Å². The zero-order valence-electron chi connectivity index (χ0n) is 17.6. The van der Waals surface area contributed by atoms with Crippen LogP contribution in [0.5, 0.6) is 5.75 Å². The Labute approximate surface area is 174 Å². The number of anilines is 1. The van der Waals surface area contributed by atoms with Crippen molar-refractivity contribution in [3.8, 4) is 17.1 Å². The molecule has 0 saturated carbocycles. The monoisotopic (exact) mass is 400 g/mol. The van der Waals surface area contributed by atoms with Crippen LogP contribution in [-0.2, 0) is 7.05 Å². The summed E-state index contributed by atoms with van der Waals surface area (Å²) in [6, 6.07) is 8.44.